The number of esters is 3. The number of fused-ring (bicyclic) bond motifs is 1. The average Bonchev–Trinajstić information content (AvgIpc) is 3.54. The zero-order chi connectivity index (χ0) is 25.1. The van der Waals surface area contributed by atoms with Gasteiger partial charge in [-0.25, -0.2) is 14.4 Å². The maximum atomic E-state index is 13.4. The van der Waals surface area contributed by atoms with Crippen molar-refractivity contribution < 1.29 is 38.1 Å². The molecular weight excluding hydrogens is 456 g/mol. The number of hydrogen-bond donors (Lipinski definition) is 0. The van der Waals surface area contributed by atoms with Crippen molar-refractivity contribution in [3.8, 4) is 22.6 Å². The van der Waals surface area contributed by atoms with Gasteiger partial charge in [0.05, 0.1) is 36.7 Å². The van der Waals surface area contributed by atoms with Crippen molar-refractivity contribution >= 4 is 17.9 Å². The summed E-state index contributed by atoms with van der Waals surface area (Å²) in [6, 6.07) is 3.19. The number of aryl methyl sites for hydroxylation is 2. The van der Waals surface area contributed by atoms with Crippen molar-refractivity contribution in [3.05, 3.63) is 40.2 Å². The Balaban J connectivity index is 1.88. The molecule has 0 radical (unpaired) electrons. The Morgan fingerprint density at radius 3 is 2.20 bits per heavy atom. The topological polar surface area (TPSA) is 113 Å². The van der Waals surface area contributed by atoms with Crippen LogP contribution >= 0.6 is 0 Å². The number of methoxy groups -OCH3 is 2. The number of likely N-dealkylation sites (tertiary alicyclic amines) is 1. The Bertz CT molecular complexity index is 1170. The molecule has 2 aliphatic rings. The first-order valence-electron chi connectivity index (χ1n) is 11.4. The summed E-state index contributed by atoms with van der Waals surface area (Å²) in [5.41, 5.74) is 1.27. The summed E-state index contributed by atoms with van der Waals surface area (Å²) < 4.78 is 26.6. The molecule has 0 aliphatic carbocycles. The van der Waals surface area contributed by atoms with E-state index in [4.69, 9.17) is 23.7 Å². The fourth-order valence-corrected chi connectivity index (χ4v) is 4.55. The molecule has 0 bridgehead atoms. The molecule has 0 spiro atoms. The van der Waals surface area contributed by atoms with Crippen LogP contribution in [0.15, 0.2) is 12.1 Å². The second kappa shape index (κ2) is 10.3. The summed E-state index contributed by atoms with van der Waals surface area (Å²) >= 11 is 0. The predicted molar refractivity (Wildman–Crippen MR) is 124 cm³/mol. The van der Waals surface area contributed by atoms with Gasteiger partial charge in [0.2, 0.25) is 6.79 Å². The van der Waals surface area contributed by atoms with Crippen LogP contribution in [0.1, 0.15) is 55.3 Å². The summed E-state index contributed by atoms with van der Waals surface area (Å²) in [6.07, 6.45) is 2.25. The molecule has 2 aromatic rings. The molecule has 186 valence electrons. The van der Waals surface area contributed by atoms with Crippen LogP contribution in [-0.2, 0) is 14.2 Å². The van der Waals surface area contributed by atoms with E-state index in [1.165, 1.54) is 14.2 Å². The van der Waals surface area contributed by atoms with E-state index in [2.05, 4.69) is 9.88 Å². The monoisotopic (exact) mass is 484 g/mol. The highest BCUT2D eigenvalue weighted by Crippen LogP contribution is 2.44. The molecule has 35 heavy (non-hydrogen) atoms. The van der Waals surface area contributed by atoms with E-state index in [0.717, 1.165) is 25.9 Å². The second-order valence-corrected chi connectivity index (χ2v) is 8.30. The minimum atomic E-state index is -0.710. The molecule has 0 atom stereocenters. The Kier molecular flexibility index (Phi) is 7.20. The molecule has 10 nitrogen and oxygen atoms in total. The van der Waals surface area contributed by atoms with E-state index >= 15 is 0 Å². The number of rotatable bonds is 7. The minimum absolute atomic E-state index is 0.0313. The molecular formula is C25H28N2O8. The highest BCUT2D eigenvalue weighted by Gasteiger charge is 2.34. The van der Waals surface area contributed by atoms with E-state index in [1.54, 1.807) is 26.0 Å². The Hall–Kier alpha value is -3.66. The van der Waals surface area contributed by atoms with Crippen molar-refractivity contribution in [1.29, 1.82) is 0 Å². The number of carbonyl (C=O) groups excluding carboxylic acids is 3. The van der Waals surface area contributed by atoms with Gasteiger partial charge in [-0.15, -0.1) is 0 Å². The lowest BCUT2D eigenvalue weighted by atomic mass is 9.89. The normalized spacial score (nSPS) is 14.6. The first-order valence-corrected chi connectivity index (χ1v) is 11.4. The third-order valence-corrected chi connectivity index (χ3v) is 6.19. The smallest absolute Gasteiger partial charge is 0.342 e. The summed E-state index contributed by atoms with van der Waals surface area (Å²) in [7, 11) is 2.47. The molecule has 0 unspecified atom stereocenters. The SMILES string of the molecule is COC(=O)c1c(-c2c(C(=O)OC)c(C)nc(C)c2C(=O)OCCN2CCCC2)ccc2c1OCO2. The maximum Gasteiger partial charge on any atom is 0.342 e. The highest BCUT2D eigenvalue weighted by molar-refractivity contribution is 6.11. The molecule has 0 amide bonds. The fraction of sp³-hybridized carbons (Fsp3) is 0.440. The van der Waals surface area contributed by atoms with Gasteiger partial charge >= 0.3 is 17.9 Å². The average molecular weight is 485 g/mol. The Morgan fingerprint density at radius 2 is 1.54 bits per heavy atom. The van der Waals surface area contributed by atoms with Crippen LogP contribution < -0.4 is 9.47 Å². The van der Waals surface area contributed by atoms with Crippen LogP contribution in [-0.4, -0.2) is 75.0 Å². The Labute approximate surface area is 203 Å². The van der Waals surface area contributed by atoms with Crippen LogP contribution in [0.5, 0.6) is 11.5 Å². The van der Waals surface area contributed by atoms with Crippen molar-refractivity contribution in [2.45, 2.75) is 26.7 Å². The van der Waals surface area contributed by atoms with Gasteiger partial charge < -0.3 is 23.7 Å². The van der Waals surface area contributed by atoms with E-state index < -0.39 is 17.9 Å². The van der Waals surface area contributed by atoms with Gasteiger partial charge in [0.1, 0.15) is 12.2 Å². The van der Waals surface area contributed by atoms with Crippen molar-refractivity contribution in [3.63, 3.8) is 0 Å². The van der Waals surface area contributed by atoms with Gasteiger partial charge in [-0.1, -0.05) is 0 Å². The van der Waals surface area contributed by atoms with Gasteiger partial charge in [0, 0.05) is 17.7 Å². The van der Waals surface area contributed by atoms with Crippen LogP contribution in [0.3, 0.4) is 0 Å². The molecule has 0 saturated carbocycles. The summed E-state index contributed by atoms with van der Waals surface area (Å²) in [4.78, 5) is 45.8. The molecule has 1 aromatic heterocycles. The van der Waals surface area contributed by atoms with Crippen LogP contribution in [0, 0.1) is 13.8 Å². The lowest BCUT2D eigenvalue weighted by Crippen LogP contribution is -2.26. The van der Waals surface area contributed by atoms with Crippen LogP contribution in [0.25, 0.3) is 11.1 Å². The zero-order valence-electron chi connectivity index (χ0n) is 20.3. The third kappa shape index (κ3) is 4.66. The second-order valence-electron chi connectivity index (χ2n) is 8.30. The quantitative estimate of drug-likeness (QED) is 0.429. The van der Waals surface area contributed by atoms with E-state index in [-0.39, 0.29) is 47.0 Å². The minimum Gasteiger partial charge on any atom is -0.465 e. The van der Waals surface area contributed by atoms with Crippen LogP contribution in [0.4, 0.5) is 0 Å². The fourth-order valence-electron chi connectivity index (χ4n) is 4.55. The van der Waals surface area contributed by atoms with E-state index in [1.807, 2.05) is 0 Å². The van der Waals surface area contributed by atoms with Crippen molar-refractivity contribution in [1.82, 2.24) is 9.88 Å². The molecule has 1 aromatic carbocycles. The standard InChI is InChI=1S/C25H28N2O8/c1-14-18(23(28)31-3)20(16-7-8-17-22(35-13-34-17)21(16)24(29)32-4)19(15(2)26-14)25(30)33-12-11-27-9-5-6-10-27/h7-8H,5-6,9-13H2,1-4H3. The molecule has 2 aliphatic heterocycles. The Morgan fingerprint density at radius 1 is 0.914 bits per heavy atom. The lowest BCUT2D eigenvalue weighted by molar-refractivity contribution is 0.0470. The number of aromatic nitrogens is 1. The number of pyridine rings is 1. The molecule has 10 heteroatoms. The van der Waals surface area contributed by atoms with E-state index in [0.29, 0.717) is 23.7 Å². The highest BCUT2D eigenvalue weighted by atomic mass is 16.7. The number of carbonyl (C=O) groups is 3. The molecule has 1 saturated heterocycles. The number of hydrogen-bond acceptors (Lipinski definition) is 10. The molecule has 0 N–H and O–H groups in total. The van der Waals surface area contributed by atoms with Crippen LogP contribution in [0.2, 0.25) is 0 Å². The molecule has 1 fully saturated rings. The maximum absolute atomic E-state index is 13.4. The summed E-state index contributed by atoms with van der Waals surface area (Å²) in [5.74, 6) is -1.54. The molecule has 4 rings (SSSR count). The predicted octanol–water partition coefficient (Wildman–Crippen LogP) is 2.92. The summed E-state index contributed by atoms with van der Waals surface area (Å²) in [6.45, 7) is 5.95. The van der Waals surface area contributed by atoms with Gasteiger partial charge in [0.25, 0.3) is 0 Å². The summed E-state index contributed by atoms with van der Waals surface area (Å²) in [5, 5.41) is 0. The van der Waals surface area contributed by atoms with Gasteiger partial charge in [-0.3, -0.25) is 9.88 Å². The third-order valence-electron chi connectivity index (χ3n) is 6.19. The lowest BCUT2D eigenvalue weighted by Gasteiger charge is -2.20. The van der Waals surface area contributed by atoms with Crippen molar-refractivity contribution in [2.75, 3.05) is 47.3 Å². The first kappa shape index (κ1) is 24.5. The first-order chi connectivity index (χ1) is 16.9. The van der Waals surface area contributed by atoms with Gasteiger partial charge in [0.15, 0.2) is 11.5 Å². The van der Waals surface area contributed by atoms with Gasteiger partial charge in [-0.2, -0.15) is 0 Å². The van der Waals surface area contributed by atoms with E-state index in [9.17, 15) is 14.4 Å². The number of nitrogens with zero attached hydrogens (tertiary/aromatic N) is 2. The number of benzene rings is 1. The largest absolute Gasteiger partial charge is 0.465 e. The number of ether oxygens (including phenoxy) is 5. The van der Waals surface area contributed by atoms with Crippen molar-refractivity contribution in [2.24, 2.45) is 0 Å². The molecule has 3 heterocycles. The van der Waals surface area contributed by atoms with Gasteiger partial charge in [-0.05, 0) is 51.9 Å². The zero-order valence-corrected chi connectivity index (χ0v) is 20.3.